The molecule has 2 bridgehead atoms. The van der Waals surface area contributed by atoms with E-state index in [-0.39, 0.29) is 0 Å². The zero-order valence-corrected chi connectivity index (χ0v) is 9.96. The van der Waals surface area contributed by atoms with Gasteiger partial charge in [-0.15, -0.1) is 0 Å². The van der Waals surface area contributed by atoms with Gasteiger partial charge in [-0.2, -0.15) is 0 Å². The first-order chi connectivity index (χ1) is 6.58. The zero-order valence-electron chi connectivity index (χ0n) is 9.96. The van der Waals surface area contributed by atoms with Gasteiger partial charge >= 0.3 is 0 Å². The fraction of sp³-hybridized carbons (Fsp3) is 1.00. The topological polar surface area (TPSA) is 15.3 Å². The Morgan fingerprint density at radius 3 is 2.14 bits per heavy atom. The molecule has 2 heteroatoms. The quantitative estimate of drug-likeness (QED) is 0.737. The zero-order chi connectivity index (χ0) is 10.3. The van der Waals surface area contributed by atoms with Crippen LogP contribution in [0.3, 0.4) is 0 Å². The van der Waals surface area contributed by atoms with Gasteiger partial charge in [0, 0.05) is 31.7 Å². The largest absolute Gasteiger partial charge is 0.308 e. The first kappa shape index (κ1) is 10.4. The molecule has 0 aliphatic carbocycles. The second-order valence-electron chi connectivity index (χ2n) is 5.81. The van der Waals surface area contributed by atoms with Gasteiger partial charge in [-0.05, 0) is 17.8 Å². The van der Waals surface area contributed by atoms with Crippen molar-refractivity contribution >= 4 is 0 Å². The summed E-state index contributed by atoms with van der Waals surface area (Å²) in [5, 5.41) is 3.67. The van der Waals surface area contributed by atoms with Crippen LogP contribution in [0, 0.1) is 17.8 Å². The molecule has 3 saturated heterocycles. The van der Waals surface area contributed by atoms with Crippen molar-refractivity contribution in [2.45, 2.75) is 39.8 Å². The number of fused-ring (bicyclic) bond motifs is 2. The molecule has 0 aromatic heterocycles. The van der Waals surface area contributed by atoms with Gasteiger partial charge in [-0.1, -0.05) is 27.7 Å². The molecule has 0 aromatic carbocycles. The summed E-state index contributed by atoms with van der Waals surface area (Å²) in [6.45, 7) is 13.2. The van der Waals surface area contributed by atoms with Crippen molar-refractivity contribution in [3.05, 3.63) is 0 Å². The van der Waals surface area contributed by atoms with E-state index in [1.54, 1.807) is 0 Å². The molecular formula is C12H24N2. The van der Waals surface area contributed by atoms with Crippen LogP contribution in [0.4, 0.5) is 0 Å². The Morgan fingerprint density at radius 2 is 1.71 bits per heavy atom. The lowest BCUT2D eigenvalue weighted by Gasteiger charge is -2.56. The molecule has 0 spiro atoms. The maximum Gasteiger partial charge on any atom is 0.0244 e. The lowest BCUT2D eigenvalue weighted by Crippen LogP contribution is -2.74. The van der Waals surface area contributed by atoms with Crippen LogP contribution < -0.4 is 5.32 Å². The highest BCUT2D eigenvalue weighted by atomic mass is 15.3. The average Bonchev–Trinajstić information content (AvgIpc) is 2.00. The highest BCUT2D eigenvalue weighted by Gasteiger charge is 2.47. The molecule has 2 atom stereocenters. The minimum atomic E-state index is 0.785. The third-order valence-corrected chi connectivity index (χ3v) is 3.66. The average molecular weight is 196 g/mol. The summed E-state index contributed by atoms with van der Waals surface area (Å²) < 4.78 is 0. The van der Waals surface area contributed by atoms with E-state index in [0.717, 1.165) is 29.8 Å². The van der Waals surface area contributed by atoms with Crippen molar-refractivity contribution in [1.82, 2.24) is 10.2 Å². The van der Waals surface area contributed by atoms with Gasteiger partial charge < -0.3 is 5.32 Å². The Morgan fingerprint density at radius 1 is 1.14 bits per heavy atom. The molecule has 14 heavy (non-hydrogen) atoms. The minimum absolute atomic E-state index is 0.785. The number of piperidine rings is 1. The van der Waals surface area contributed by atoms with Crippen molar-refractivity contribution in [1.29, 1.82) is 0 Å². The van der Waals surface area contributed by atoms with Gasteiger partial charge in [-0.3, -0.25) is 4.90 Å². The summed E-state index contributed by atoms with van der Waals surface area (Å²) in [5.41, 5.74) is 0. The molecule has 0 aromatic rings. The molecule has 1 N–H and O–H groups in total. The smallest absolute Gasteiger partial charge is 0.0244 e. The predicted molar refractivity (Wildman–Crippen MR) is 60.3 cm³/mol. The summed E-state index contributed by atoms with van der Waals surface area (Å²) in [6.07, 6.45) is 0. The third kappa shape index (κ3) is 1.82. The van der Waals surface area contributed by atoms with Gasteiger partial charge in [0.15, 0.2) is 0 Å². The Labute approximate surface area is 88.1 Å². The summed E-state index contributed by atoms with van der Waals surface area (Å²) in [5.74, 6) is 2.61. The Balaban J connectivity index is 1.85. The summed E-state index contributed by atoms with van der Waals surface area (Å²) in [4.78, 5) is 2.63. The summed E-state index contributed by atoms with van der Waals surface area (Å²) in [6, 6.07) is 1.57. The van der Waals surface area contributed by atoms with Crippen molar-refractivity contribution in [2.24, 2.45) is 17.8 Å². The molecule has 0 amide bonds. The molecule has 3 fully saturated rings. The fourth-order valence-electron chi connectivity index (χ4n) is 3.23. The molecule has 3 heterocycles. The van der Waals surface area contributed by atoms with E-state index >= 15 is 0 Å². The molecule has 0 radical (unpaired) electrons. The van der Waals surface area contributed by atoms with E-state index < -0.39 is 0 Å². The Hall–Kier alpha value is -0.0800. The molecular weight excluding hydrogens is 172 g/mol. The standard InChI is InChI=1S/C12H24N2/c1-8(2)5-14-6-10-12(9(3)4)11(7-14)13-10/h8-13H,5-7H2,1-4H3. The molecule has 3 aliphatic rings. The number of nitrogens with zero attached hydrogens (tertiary/aromatic N) is 1. The van der Waals surface area contributed by atoms with Gasteiger partial charge in [0.1, 0.15) is 0 Å². The lowest BCUT2D eigenvalue weighted by molar-refractivity contribution is -0.0147. The van der Waals surface area contributed by atoms with Gasteiger partial charge in [-0.25, -0.2) is 0 Å². The van der Waals surface area contributed by atoms with Crippen LogP contribution >= 0.6 is 0 Å². The fourth-order valence-corrected chi connectivity index (χ4v) is 3.23. The molecule has 3 rings (SSSR count). The first-order valence-electron chi connectivity index (χ1n) is 6.06. The minimum Gasteiger partial charge on any atom is -0.308 e. The van der Waals surface area contributed by atoms with Gasteiger partial charge in [0.05, 0.1) is 0 Å². The van der Waals surface area contributed by atoms with Crippen LogP contribution in [0.25, 0.3) is 0 Å². The number of hydrogen-bond donors (Lipinski definition) is 1. The highest BCUT2D eigenvalue weighted by Crippen LogP contribution is 2.33. The number of rotatable bonds is 3. The van der Waals surface area contributed by atoms with Crippen LogP contribution in [0.2, 0.25) is 0 Å². The van der Waals surface area contributed by atoms with E-state index in [1.165, 1.54) is 19.6 Å². The maximum absolute atomic E-state index is 3.67. The van der Waals surface area contributed by atoms with E-state index in [4.69, 9.17) is 0 Å². The monoisotopic (exact) mass is 196 g/mol. The van der Waals surface area contributed by atoms with Crippen LogP contribution in [-0.2, 0) is 0 Å². The SMILES string of the molecule is CC(C)CN1CC2NC(C1)C2C(C)C. The van der Waals surface area contributed by atoms with Gasteiger partial charge in [0.2, 0.25) is 0 Å². The van der Waals surface area contributed by atoms with Crippen molar-refractivity contribution in [3.8, 4) is 0 Å². The van der Waals surface area contributed by atoms with E-state index in [2.05, 4.69) is 37.9 Å². The third-order valence-electron chi connectivity index (χ3n) is 3.66. The van der Waals surface area contributed by atoms with Crippen LogP contribution in [0.5, 0.6) is 0 Å². The van der Waals surface area contributed by atoms with Gasteiger partial charge in [0.25, 0.3) is 0 Å². The predicted octanol–water partition coefficient (Wildman–Crippen LogP) is 1.57. The first-order valence-corrected chi connectivity index (χ1v) is 6.06. The van der Waals surface area contributed by atoms with Crippen LogP contribution in [0.15, 0.2) is 0 Å². The second kappa shape index (κ2) is 3.82. The molecule has 2 unspecified atom stereocenters. The summed E-state index contributed by atoms with van der Waals surface area (Å²) in [7, 11) is 0. The molecule has 2 nitrogen and oxygen atoms in total. The Kier molecular flexibility index (Phi) is 2.85. The van der Waals surface area contributed by atoms with E-state index in [1.807, 2.05) is 0 Å². The van der Waals surface area contributed by atoms with E-state index in [0.29, 0.717) is 0 Å². The highest BCUT2D eigenvalue weighted by molar-refractivity contribution is 5.05. The van der Waals surface area contributed by atoms with E-state index in [9.17, 15) is 0 Å². The van der Waals surface area contributed by atoms with Crippen molar-refractivity contribution in [3.63, 3.8) is 0 Å². The Bertz CT molecular complexity index is 188. The number of piperazine rings is 1. The van der Waals surface area contributed by atoms with Crippen molar-refractivity contribution in [2.75, 3.05) is 19.6 Å². The van der Waals surface area contributed by atoms with Crippen molar-refractivity contribution < 1.29 is 0 Å². The summed E-state index contributed by atoms with van der Waals surface area (Å²) >= 11 is 0. The lowest BCUT2D eigenvalue weighted by atomic mass is 9.72. The normalized spacial score (nSPS) is 37.7. The molecule has 3 aliphatic heterocycles. The maximum atomic E-state index is 3.67. The number of hydrogen-bond acceptors (Lipinski definition) is 2. The number of nitrogens with one attached hydrogen (secondary N) is 1. The second-order valence-corrected chi connectivity index (χ2v) is 5.81. The van der Waals surface area contributed by atoms with Crippen LogP contribution in [-0.4, -0.2) is 36.6 Å². The molecule has 0 saturated carbocycles. The molecule has 82 valence electrons. The van der Waals surface area contributed by atoms with Crippen LogP contribution in [0.1, 0.15) is 27.7 Å².